The molecule has 3 aromatic rings. The number of aryl methyl sites for hydroxylation is 2. The van der Waals surface area contributed by atoms with E-state index in [1.54, 1.807) is 6.07 Å². The molecule has 4 heteroatoms. The molecule has 4 nitrogen and oxygen atoms in total. The Labute approximate surface area is 136 Å². The number of imidazole rings is 1. The summed E-state index contributed by atoms with van der Waals surface area (Å²) in [5, 5.41) is 2.94. The van der Waals surface area contributed by atoms with Crippen molar-refractivity contribution in [3.63, 3.8) is 0 Å². The molecule has 1 heterocycles. The Balaban J connectivity index is 1.72. The molecule has 1 amide bonds. The second-order valence-corrected chi connectivity index (χ2v) is 5.81. The molecule has 0 bridgehead atoms. The molecule has 23 heavy (non-hydrogen) atoms. The number of aromatic amines is 1. The lowest BCUT2D eigenvalue weighted by Gasteiger charge is -2.07. The summed E-state index contributed by atoms with van der Waals surface area (Å²) < 4.78 is 0. The first-order valence-corrected chi connectivity index (χ1v) is 8.02. The Morgan fingerprint density at radius 1 is 1.17 bits per heavy atom. The molecular weight excluding hydrogens is 286 g/mol. The van der Waals surface area contributed by atoms with E-state index in [1.807, 2.05) is 31.2 Å². The van der Waals surface area contributed by atoms with Crippen molar-refractivity contribution < 1.29 is 4.79 Å². The normalized spacial score (nSPS) is 10.9. The van der Waals surface area contributed by atoms with Crippen molar-refractivity contribution in [2.75, 3.05) is 5.32 Å². The van der Waals surface area contributed by atoms with E-state index in [0.717, 1.165) is 29.0 Å². The second kappa shape index (κ2) is 6.65. The van der Waals surface area contributed by atoms with E-state index in [0.29, 0.717) is 5.56 Å². The van der Waals surface area contributed by atoms with Crippen LogP contribution in [0.4, 0.5) is 5.69 Å². The van der Waals surface area contributed by atoms with Crippen LogP contribution in [0.1, 0.15) is 41.5 Å². The second-order valence-electron chi connectivity index (χ2n) is 5.81. The van der Waals surface area contributed by atoms with Crippen LogP contribution in [0.5, 0.6) is 0 Å². The van der Waals surface area contributed by atoms with Gasteiger partial charge in [-0.2, -0.15) is 0 Å². The SMILES string of the molecule is CCCCc1ccc(NC(=O)c2ccc3nc(C)[nH]c3c2)cc1. The fraction of sp³-hybridized carbons (Fsp3) is 0.263. The molecule has 2 aromatic carbocycles. The highest BCUT2D eigenvalue weighted by Crippen LogP contribution is 2.16. The maximum Gasteiger partial charge on any atom is 0.255 e. The summed E-state index contributed by atoms with van der Waals surface area (Å²) in [5.41, 5.74) is 4.50. The lowest BCUT2D eigenvalue weighted by atomic mass is 10.1. The minimum Gasteiger partial charge on any atom is -0.342 e. The van der Waals surface area contributed by atoms with Crippen molar-refractivity contribution in [3.05, 3.63) is 59.4 Å². The van der Waals surface area contributed by atoms with Crippen LogP contribution >= 0.6 is 0 Å². The Hall–Kier alpha value is -2.62. The Morgan fingerprint density at radius 3 is 2.70 bits per heavy atom. The molecule has 0 unspecified atom stereocenters. The van der Waals surface area contributed by atoms with Crippen LogP contribution < -0.4 is 5.32 Å². The number of rotatable bonds is 5. The van der Waals surface area contributed by atoms with E-state index in [9.17, 15) is 4.79 Å². The maximum atomic E-state index is 12.4. The van der Waals surface area contributed by atoms with Gasteiger partial charge in [0.25, 0.3) is 5.91 Å². The zero-order valence-corrected chi connectivity index (χ0v) is 13.5. The minimum atomic E-state index is -0.111. The van der Waals surface area contributed by atoms with Gasteiger partial charge in [-0.25, -0.2) is 4.98 Å². The average molecular weight is 307 g/mol. The van der Waals surface area contributed by atoms with Gasteiger partial charge in [0.05, 0.1) is 11.0 Å². The van der Waals surface area contributed by atoms with Gasteiger partial charge in [-0.3, -0.25) is 4.79 Å². The lowest BCUT2D eigenvalue weighted by Crippen LogP contribution is -2.11. The molecule has 0 aliphatic carbocycles. The Bertz CT molecular complexity index is 818. The zero-order valence-electron chi connectivity index (χ0n) is 13.5. The number of nitrogens with one attached hydrogen (secondary N) is 2. The summed E-state index contributed by atoms with van der Waals surface area (Å²) in [4.78, 5) is 19.9. The number of benzene rings is 2. The number of H-pyrrole nitrogens is 1. The number of carbonyl (C=O) groups is 1. The van der Waals surface area contributed by atoms with Crippen molar-refractivity contribution >= 4 is 22.6 Å². The van der Waals surface area contributed by atoms with E-state index in [1.165, 1.54) is 18.4 Å². The monoisotopic (exact) mass is 307 g/mol. The maximum absolute atomic E-state index is 12.4. The molecule has 0 atom stereocenters. The molecule has 2 N–H and O–H groups in total. The molecule has 0 spiro atoms. The van der Waals surface area contributed by atoms with Gasteiger partial charge in [0, 0.05) is 11.3 Å². The Morgan fingerprint density at radius 2 is 1.96 bits per heavy atom. The molecule has 0 saturated heterocycles. The summed E-state index contributed by atoms with van der Waals surface area (Å²) in [5.74, 6) is 0.737. The third kappa shape index (κ3) is 3.59. The highest BCUT2D eigenvalue weighted by Gasteiger charge is 2.08. The van der Waals surface area contributed by atoms with Crippen LogP contribution in [-0.2, 0) is 6.42 Å². The summed E-state index contributed by atoms with van der Waals surface area (Å²) in [7, 11) is 0. The van der Waals surface area contributed by atoms with Gasteiger partial charge in [-0.1, -0.05) is 25.5 Å². The molecule has 0 aliphatic heterocycles. The fourth-order valence-corrected chi connectivity index (χ4v) is 2.62. The van der Waals surface area contributed by atoms with E-state index in [2.05, 4.69) is 34.3 Å². The van der Waals surface area contributed by atoms with Gasteiger partial charge in [-0.15, -0.1) is 0 Å². The van der Waals surface area contributed by atoms with Crippen molar-refractivity contribution in [2.45, 2.75) is 33.1 Å². The van der Waals surface area contributed by atoms with E-state index in [4.69, 9.17) is 0 Å². The number of fused-ring (bicyclic) bond motifs is 1. The van der Waals surface area contributed by atoms with Gasteiger partial charge in [0.1, 0.15) is 5.82 Å². The summed E-state index contributed by atoms with van der Waals surface area (Å²) in [6.45, 7) is 4.09. The minimum absolute atomic E-state index is 0.111. The molecule has 118 valence electrons. The highest BCUT2D eigenvalue weighted by atomic mass is 16.1. The molecule has 0 saturated carbocycles. The number of hydrogen-bond donors (Lipinski definition) is 2. The first-order chi connectivity index (χ1) is 11.2. The number of unbranched alkanes of at least 4 members (excludes halogenated alkanes) is 1. The quantitative estimate of drug-likeness (QED) is 0.731. The average Bonchev–Trinajstić information content (AvgIpc) is 2.93. The number of amides is 1. The summed E-state index contributed by atoms with van der Waals surface area (Å²) in [6.07, 6.45) is 3.46. The Kier molecular flexibility index (Phi) is 4.42. The summed E-state index contributed by atoms with van der Waals surface area (Å²) >= 11 is 0. The van der Waals surface area contributed by atoms with Crippen LogP contribution in [0.15, 0.2) is 42.5 Å². The van der Waals surface area contributed by atoms with Crippen molar-refractivity contribution in [1.82, 2.24) is 9.97 Å². The number of aromatic nitrogens is 2. The van der Waals surface area contributed by atoms with Gasteiger partial charge in [0.15, 0.2) is 0 Å². The first-order valence-electron chi connectivity index (χ1n) is 8.02. The van der Waals surface area contributed by atoms with E-state index < -0.39 is 0 Å². The van der Waals surface area contributed by atoms with Crippen molar-refractivity contribution in [1.29, 1.82) is 0 Å². The van der Waals surface area contributed by atoms with Crippen LogP contribution in [0.2, 0.25) is 0 Å². The topological polar surface area (TPSA) is 57.8 Å². The van der Waals surface area contributed by atoms with Crippen molar-refractivity contribution in [2.24, 2.45) is 0 Å². The van der Waals surface area contributed by atoms with Crippen LogP contribution in [-0.4, -0.2) is 15.9 Å². The smallest absolute Gasteiger partial charge is 0.255 e. The standard InChI is InChI=1S/C19H21N3O/c1-3-4-5-14-6-9-16(10-7-14)22-19(23)15-8-11-17-18(12-15)21-13(2)20-17/h6-12H,3-5H2,1-2H3,(H,20,21)(H,22,23). The zero-order chi connectivity index (χ0) is 16.2. The first kappa shape index (κ1) is 15.3. The lowest BCUT2D eigenvalue weighted by molar-refractivity contribution is 0.102. The van der Waals surface area contributed by atoms with Gasteiger partial charge in [-0.05, 0) is 55.7 Å². The number of nitrogens with zero attached hydrogens (tertiary/aromatic N) is 1. The van der Waals surface area contributed by atoms with Crippen LogP contribution in [0.3, 0.4) is 0 Å². The van der Waals surface area contributed by atoms with Gasteiger partial charge >= 0.3 is 0 Å². The van der Waals surface area contributed by atoms with Crippen LogP contribution in [0, 0.1) is 6.92 Å². The molecule has 3 rings (SSSR count). The van der Waals surface area contributed by atoms with E-state index >= 15 is 0 Å². The largest absolute Gasteiger partial charge is 0.342 e. The molecule has 0 aliphatic rings. The summed E-state index contributed by atoms with van der Waals surface area (Å²) in [6, 6.07) is 13.6. The van der Waals surface area contributed by atoms with E-state index in [-0.39, 0.29) is 5.91 Å². The van der Waals surface area contributed by atoms with Gasteiger partial charge < -0.3 is 10.3 Å². The third-order valence-corrected chi connectivity index (χ3v) is 3.89. The third-order valence-electron chi connectivity index (χ3n) is 3.89. The predicted octanol–water partition coefficient (Wildman–Crippen LogP) is 4.47. The fourth-order valence-electron chi connectivity index (χ4n) is 2.62. The molecule has 0 fully saturated rings. The predicted molar refractivity (Wildman–Crippen MR) is 93.8 cm³/mol. The molecular formula is C19H21N3O. The molecule has 0 radical (unpaired) electrons. The van der Waals surface area contributed by atoms with Gasteiger partial charge in [0.2, 0.25) is 0 Å². The highest BCUT2D eigenvalue weighted by molar-refractivity contribution is 6.05. The number of hydrogen-bond acceptors (Lipinski definition) is 2. The molecule has 1 aromatic heterocycles. The number of anilines is 1. The van der Waals surface area contributed by atoms with Crippen LogP contribution in [0.25, 0.3) is 11.0 Å². The number of carbonyl (C=O) groups excluding carboxylic acids is 1. The van der Waals surface area contributed by atoms with Crippen molar-refractivity contribution in [3.8, 4) is 0 Å².